The summed E-state index contributed by atoms with van der Waals surface area (Å²) in [6.45, 7) is 5.06. The lowest BCUT2D eigenvalue weighted by Gasteiger charge is -2.32. The van der Waals surface area contributed by atoms with Crippen molar-refractivity contribution in [1.29, 1.82) is 0 Å². The second kappa shape index (κ2) is 6.63. The number of benzene rings is 1. The largest absolute Gasteiger partial charge is 0.490 e. The Hall–Kier alpha value is -1.46. The van der Waals surface area contributed by atoms with E-state index in [4.69, 9.17) is 10.5 Å². The summed E-state index contributed by atoms with van der Waals surface area (Å²) in [4.78, 5) is 0. The minimum Gasteiger partial charge on any atom is -0.490 e. The summed E-state index contributed by atoms with van der Waals surface area (Å²) in [5, 5.41) is 0. The summed E-state index contributed by atoms with van der Waals surface area (Å²) in [7, 11) is 0. The molecule has 2 N–H and O–H groups in total. The third kappa shape index (κ3) is 4.01. The topological polar surface area (TPSA) is 35.2 Å². The van der Waals surface area contributed by atoms with Crippen molar-refractivity contribution in [3.05, 3.63) is 29.8 Å². The Labute approximate surface area is 116 Å². The Kier molecular flexibility index (Phi) is 4.87. The molecular formula is C17H23NO. The summed E-state index contributed by atoms with van der Waals surface area (Å²) in [6.07, 6.45) is 3.97. The average Bonchev–Trinajstić information content (AvgIpc) is 2.42. The molecule has 0 amide bonds. The van der Waals surface area contributed by atoms with Crippen LogP contribution in [0.25, 0.3) is 0 Å². The quantitative estimate of drug-likeness (QED) is 0.826. The van der Waals surface area contributed by atoms with Gasteiger partial charge in [0.15, 0.2) is 0 Å². The summed E-state index contributed by atoms with van der Waals surface area (Å²) in [5.41, 5.74) is 6.35. The van der Waals surface area contributed by atoms with Crippen LogP contribution in [0.4, 0.5) is 0 Å². The van der Waals surface area contributed by atoms with Crippen molar-refractivity contribution in [3.8, 4) is 17.6 Å². The molecule has 0 saturated heterocycles. The fourth-order valence-corrected chi connectivity index (χ4v) is 2.57. The molecule has 0 aromatic heterocycles. The molecule has 3 atom stereocenters. The van der Waals surface area contributed by atoms with E-state index in [0.717, 1.165) is 29.6 Å². The minimum absolute atomic E-state index is 0.368. The first kappa shape index (κ1) is 14.0. The highest BCUT2D eigenvalue weighted by molar-refractivity contribution is 5.38. The van der Waals surface area contributed by atoms with Crippen molar-refractivity contribution in [2.75, 3.05) is 6.54 Å². The molecule has 0 heterocycles. The van der Waals surface area contributed by atoms with Gasteiger partial charge in [0.2, 0.25) is 0 Å². The van der Waals surface area contributed by atoms with Gasteiger partial charge in [0.05, 0.1) is 12.6 Å². The van der Waals surface area contributed by atoms with Gasteiger partial charge in [-0.05, 0) is 55.4 Å². The predicted molar refractivity (Wildman–Crippen MR) is 79.0 cm³/mol. The maximum atomic E-state index is 6.06. The number of rotatable bonds is 2. The van der Waals surface area contributed by atoms with E-state index in [1.54, 1.807) is 0 Å². The molecule has 3 unspecified atom stereocenters. The van der Waals surface area contributed by atoms with Crippen LogP contribution in [0.1, 0.15) is 38.7 Å². The zero-order valence-electron chi connectivity index (χ0n) is 11.9. The highest BCUT2D eigenvalue weighted by Crippen LogP contribution is 2.31. The lowest BCUT2D eigenvalue weighted by atomic mass is 9.80. The molecule has 1 aliphatic carbocycles. The molecule has 1 aromatic rings. The number of hydrogen-bond donors (Lipinski definition) is 1. The van der Waals surface area contributed by atoms with Crippen molar-refractivity contribution in [2.24, 2.45) is 17.6 Å². The van der Waals surface area contributed by atoms with E-state index in [1.165, 1.54) is 12.8 Å². The minimum atomic E-state index is 0.368. The van der Waals surface area contributed by atoms with Crippen LogP contribution < -0.4 is 10.5 Å². The smallest absolute Gasteiger partial charge is 0.119 e. The van der Waals surface area contributed by atoms with Crippen LogP contribution in [-0.4, -0.2) is 12.6 Å². The molecule has 2 nitrogen and oxygen atoms in total. The molecule has 2 rings (SSSR count). The van der Waals surface area contributed by atoms with Crippen LogP contribution in [0.2, 0.25) is 0 Å². The lowest BCUT2D eigenvalue weighted by Crippen LogP contribution is -2.28. The van der Waals surface area contributed by atoms with Gasteiger partial charge in [-0.25, -0.2) is 0 Å². The monoisotopic (exact) mass is 257 g/mol. The van der Waals surface area contributed by atoms with E-state index in [-0.39, 0.29) is 0 Å². The Morgan fingerprint density at radius 1 is 1.16 bits per heavy atom. The molecule has 2 heteroatoms. The molecular weight excluding hydrogens is 234 g/mol. The van der Waals surface area contributed by atoms with Gasteiger partial charge in [0.1, 0.15) is 5.75 Å². The molecule has 1 fully saturated rings. The SMILES string of the molecule is CC1CCC(Oc2ccc(C#CCN)cc2)CC1C. The van der Waals surface area contributed by atoms with Gasteiger partial charge in [-0.2, -0.15) is 0 Å². The van der Waals surface area contributed by atoms with Crippen LogP contribution in [0.15, 0.2) is 24.3 Å². The van der Waals surface area contributed by atoms with E-state index in [2.05, 4.69) is 25.7 Å². The van der Waals surface area contributed by atoms with Crippen LogP contribution in [0.5, 0.6) is 5.75 Å². The first-order chi connectivity index (χ1) is 9.19. The summed E-state index contributed by atoms with van der Waals surface area (Å²) in [5.74, 6) is 8.40. The molecule has 1 saturated carbocycles. The molecule has 19 heavy (non-hydrogen) atoms. The van der Waals surface area contributed by atoms with Crippen molar-refractivity contribution in [3.63, 3.8) is 0 Å². The van der Waals surface area contributed by atoms with E-state index in [1.807, 2.05) is 24.3 Å². The molecule has 0 bridgehead atoms. The summed E-state index contributed by atoms with van der Waals surface area (Å²) < 4.78 is 6.06. The Morgan fingerprint density at radius 3 is 2.53 bits per heavy atom. The zero-order valence-corrected chi connectivity index (χ0v) is 11.9. The second-order valence-corrected chi connectivity index (χ2v) is 5.54. The fourth-order valence-electron chi connectivity index (χ4n) is 2.57. The van der Waals surface area contributed by atoms with Crippen molar-refractivity contribution < 1.29 is 4.74 Å². The van der Waals surface area contributed by atoms with Gasteiger partial charge < -0.3 is 10.5 Å². The van der Waals surface area contributed by atoms with Gasteiger partial charge in [0.25, 0.3) is 0 Å². The lowest BCUT2D eigenvalue weighted by molar-refractivity contribution is 0.101. The third-order valence-corrected chi connectivity index (χ3v) is 4.04. The molecule has 0 aliphatic heterocycles. The van der Waals surface area contributed by atoms with Crippen molar-refractivity contribution in [1.82, 2.24) is 0 Å². The molecule has 1 aliphatic rings. The first-order valence-corrected chi connectivity index (χ1v) is 7.14. The van der Waals surface area contributed by atoms with Gasteiger partial charge in [0, 0.05) is 5.56 Å². The van der Waals surface area contributed by atoms with Gasteiger partial charge in [-0.15, -0.1) is 0 Å². The van der Waals surface area contributed by atoms with Crippen LogP contribution in [0, 0.1) is 23.7 Å². The molecule has 0 spiro atoms. The van der Waals surface area contributed by atoms with Crippen LogP contribution >= 0.6 is 0 Å². The maximum Gasteiger partial charge on any atom is 0.119 e. The Balaban J connectivity index is 1.92. The van der Waals surface area contributed by atoms with E-state index >= 15 is 0 Å². The Morgan fingerprint density at radius 2 is 1.89 bits per heavy atom. The maximum absolute atomic E-state index is 6.06. The average molecular weight is 257 g/mol. The van der Waals surface area contributed by atoms with E-state index < -0.39 is 0 Å². The van der Waals surface area contributed by atoms with E-state index in [0.29, 0.717) is 12.6 Å². The first-order valence-electron chi connectivity index (χ1n) is 7.14. The molecule has 102 valence electrons. The highest BCUT2D eigenvalue weighted by atomic mass is 16.5. The highest BCUT2D eigenvalue weighted by Gasteiger charge is 2.25. The third-order valence-electron chi connectivity index (χ3n) is 4.04. The van der Waals surface area contributed by atoms with Crippen LogP contribution in [-0.2, 0) is 0 Å². The summed E-state index contributed by atoms with van der Waals surface area (Å²) in [6, 6.07) is 7.99. The normalized spacial score (nSPS) is 26.4. The molecule has 1 aromatic carbocycles. The zero-order chi connectivity index (χ0) is 13.7. The van der Waals surface area contributed by atoms with E-state index in [9.17, 15) is 0 Å². The summed E-state index contributed by atoms with van der Waals surface area (Å²) >= 11 is 0. The van der Waals surface area contributed by atoms with Crippen molar-refractivity contribution in [2.45, 2.75) is 39.2 Å². The number of ether oxygens (including phenoxy) is 1. The Bertz CT molecular complexity index is 454. The number of hydrogen-bond acceptors (Lipinski definition) is 2. The van der Waals surface area contributed by atoms with Gasteiger partial charge in [-0.1, -0.05) is 25.7 Å². The van der Waals surface area contributed by atoms with Gasteiger partial charge >= 0.3 is 0 Å². The van der Waals surface area contributed by atoms with Crippen LogP contribution in [0.3, 0.4) is 0 Å². The standard InChI is InChI=1S/C17H23NO/c1-13-5-8-17(12-14(13)2)19-16-9-6-15(7-10-16)4-3-11-18/h6-7,9-10,13-14,17H,5,8,11-12,18H2,1-2H3. The second-order valence-electron chi connectivity index (χ2n) is 5.54. The van der Waals surface area contributed by atoms with Crippen molar-refractivity contribution >= 4 is 0 Å². The predicted octanol–water partition coefficient (Wildman–Crippen LogP) is 3.20. The van der Waals surface area contributed by atoms with Gasteiger partial charge in [-0.3, -0.25) is 0 Å². The number of nitrogens with two attached hydrogens (primary N) is 1. The fraction of sp³-hybridized carbons (Fsp3) is 0.529. The molecule has 0 radical (unpaired) electrons.